The molecule has 0 aromatic heterocycles. The molecule has 0 bridgehead atoms. The van der Waals surface area contributed by atoms with Crippen LogP contribution < -0.4 is 0 Å². The summed E-state index contributed by atoms with van der Waals surface area (Å²) >= 11 is 0. The Kier molecular flexibility index (Phi) is 5.09. The lowest BCUT2D eigenvalue weighted by Gasteiger charge is -2.40. The molecule has 0 aliphatic carbocycles. The fourth-order valence-electron chi connectivity index (χ4n) is 2.63. The van der Waals surface area contributed by atoms with Gasteiger partial charge in [-0.05, 0) is 19.8 Å². The highest BCUT2D eigenvalue weighted by atomic mass is 16.9. The average molecular weight is 287 g/mol. The van der Waals surface area contributed by atoms with Gasteiger partial charge >= 0.3 is 12.1 Å². The minimum Gasteiger partial charge on any atom is -0.481 e. The number of hydrogen-bond donors (Lipinski definition) is 1. The molecule has 2 heterocycles. The van der Waals surface area contributed by atoms with Crippen molar-refractivity contribution in [1.29, 1.82) is 0 Å². The van der Waals surface area contributed by atoms with Crippen molar-refractivity contribution in [3.8, 4) is 0 Å². The number of carboxylic acids is 1. The first-order valence-electron chi connectivity index (χ1n) is 6.99. The summed E-state index contributed by atoms with van der Waals surface area (Å²) in [4.78, 5) is 24.4. The predicted molar refractivity (Wildman–Crippen MR) is 67.8 cm³/mol. The van der Waals surface area contributed by atoms with Crippen molar-refractivity contribution in [2.45, 2.75) is 32.3 Å². The van der Waals surface area contributed by atoms with Crippen molar-refractivity contribution in [2.75, 3.05) is 32.9 Å². The van der Waals surface area contributed by atoms with E-state index in [1.54, 1.807) is 4.90 Å². The quantitative estimate of drug-likeness (QED) is 0.758. The average Bonchev–Trinajstić information content (AvgIpc) is 2.87. The van der Waals surface area contributed by atoms with Crippen molar-refractivity contribution < 1.29 is 28.9 Å². The van der Waals surface area contributed by atoms with E-state index in [-0.39, 0.29) is 24.7 Å². The van der Waals surface area contributed by atoms with Crippen LogP contribution in [0.5, 0.6) is 0 Å². The number of nitrogens with zero attached hydrogens (tertiary/aromatic N) is 1. The third-order valence-corrected chi connectivity index (χ3v) is 3.62. The highest BCUT2D eigenvalue weighted by molar-refractivity contribution is 5.84. The van der Waals surface area contributed by atoms with Gasteiger partial charge in [-0.15, -0.1) is 0 Å². The molecule has 1 N–H and O–H groups in total. The van der Waals surface area contributed by atoms with Crippen LogP contribution in [0.1, 0.15) is 26.2 Å². The Bertz CT molecular complexity index is 366. The maximum Gasteiger partial charge on any atom is 0.354 e. The zero-order chi connectivity index (χ0) is 14.6. The molecule has 7 nitrogen and oxygen atoms in total. The first-order valence-corrected chi connectivity index (χ1v) is 6.99. The molecule has 0 aromatic rings. The Hall–Kier alpha value is -1.02. The second-order valence-corrected chi connectivity index (χ2v) is 4.96. The van der Waals surface area contributed by atoms with Gasteiger partial charge in [-0.2, -0.15) is 0 Å². The van der Waals surface area contributed by atoms with Gasteiger partial charge in [-0.25, -0.2) is 4.90 Å². The third-order valence-electron chi connectivity index (χ3n) is 3.62. The molecule has 0 spiro atoms. The van der Waals surface area contributed by atoms with E-state index in [1.807, 2.05) is 6.92 Å². The molecule has 20 heavy (non-hydrogen) atoms. The van der Waals surface area contributed by atoms with Gasteiger partial charge in [0.1, 0.15) is 5.78 Å². The zero-order valence-corrected chi connectivity index (χ0v) is 11.7. The molecule has 2 aliphatic heterocycles. The summed E-state index contributed by atoms with van der Waals surface area (Å²) in [5, 5.41) is 8.68. The molecule has 7 heteroatoms. The fraction of sp³-hybridized carbons (Fsp3) is 0.846. The molecule has 2 aliphatic rings. The Morgan fingerprint density at radius 2 is 2.20 bits per heavy atom. The molecular weight excluding hydrogens is 266 g/mol. The van der Waals surface area contributed by atoms with Crippen LogP contribution in [0.3, 0.4) is 0 Å². The van der Waals surface area contributed by atoms with E-state index >= 15 is 0 Å². The van der Waals surface area contributed by atoms with E-state index < -0.39 is 12.1 Å². The lowest BCUT2D eigenvalue weighted by molar-refractivity contribution is -0.404. The van der Waals surface area contributed by atoms with E-state index in [4.69, 9.17) is 19.3 Å². The van der Waals surface area contributed by atoms with Crippen molar-refractivity contribution in [1.82, 2.24) is 4.90 Å². The summed E-state index contributed by atoms with van der Waals surface area (Å²) < 4.78 is 16.6. The monoisotopic (exact) mass is 287 g/mol. The molecule has 0 amide bonds. The summed E-state index contributed by atoms with van der Waals surface area (Å²) in [6.45, 7) is 3.90. The first kappa shape index (κ1) is 15.4. The minimum atomic E-state index is -1.23. The molecular formula is C13H21NO6. The molecule has 1 atom stereocenters. The van der Waals surface area contributed by atoms with E-state index in [0.717, 1.165) is 0 Å². The van der Waals surface area contributed by atoms with Gasteiger partial charge in [0.15, 0.2) is 0 Å². The van der Waals surface area contributed by atoms with Crippen LogP contribution in [0.25, 0.3) is 0 Å². The van der Waals surface area contributed by atoms with Gasteiger partial charge < -0.3 is 19.3 Å². The number of Topliss-reactive ketones (excluding diaryl/α,β-unsaturated/α-hetero) is 1. The number of carboxylic acid groups (broad SMARTS) is 1. The highest BCUT2D eigenvalue weighted by Gasteiger charge is 2.47. The second kappa shape index (κ2) is 6.62. The molecule has 1 unspecified atom stereocenters. The topological polar surface area (TPSA) is 85.3 Å². The molecule has 0 saturated carbocycles. The van der Waals surface area contributed by atoms with Crippen LogP contribution in [0.2, 0.25) is 0 Å². The van der Waals surface area contributed by atoms with Gasteiger partial charge in [-0.3, -0.25) is 9.59 Å². The molecule has 114 valence electrons. The smallest absolute Gasteiger partial charge is 0.354 e. The highest BCUT2D eigenvalue weighted by Crippen LogP contribution is 2.30. The molecule has 2 rings (SSSR count). The summed E-state index contributed by atoms with van der Waals surface area (Å²) in [5.41, 5.74) is 0. The Labute approximate surface area is 117 Å². The van der Waals surface area contributed by atoms with Crippen molar-refractivity contribution in [2.24, 2.45) is 5.92 Å². The number of carbonyl (C=O) groups excluding carboxylic acids is 1. The number of carbonyl (C=O) groups is 2. The maximum absolute atomic E-state index is 12.1. The normalized spacial score (nSPS) is 26.9. The SMILES string of the molecule is CCOC1(N2CCC(CCC(=O)O)C(=O)C2)OCCO1. The molecule has 0 radical (unpaired) electrons. The molecule has 0 aromatic carbocycles. The van der Waals surface area contributed by atoms with E-state index in [1.165, 1.54) is 0 Å². The molecule has 2 fully saturated rings. The molecule has 2 saturated heterocycles. The number of piperidine rings is 1. The Morgan fingerprint density at radius 1 is 1.50 bits per heavy atom. The van der Waals surface area contributed by atoms with Crippen LogP contribution in [0.15, 0.2) is 0 Å². The van der Waals surface area contributed by atoms with Gasteiger partial charge in [-0.1, -0.05) is 0 Å². The first-order chi connectivity index (χ1) is 9.57. The Morgan fingerprint density at radius 3 is 2.75 bits per heavy atom. The predicted octanol–water partition coefficient (Wildman–Crippen LogP) is 0.437. The largest absolute Gasteiger partial charge is 0.481 e. The summed E-state index contributed by atoms with van der Waals surface area (Å²) in [5.74, 6) is -1.04. The van der Waals surface area contributed by atoms with Gasteiger partial charge in [0.25, 0.3) is 0 Å². The number of ether oxygens (including phenoxy) is 3. The van der Waals surface area contributed by atoms with E-state index in [2.05, 4.69) is 0 Å². The van der Waals surface area contributed by atoms with Gasteiger partial charge in [0.2, 0.25) is 0 Å². The van der Waals surface area contributed by atoms with Gasteiger partial charge in [0.05, 0.1) is 26.4 Å². The lowest BCUT2D eigenvalue weighted by atomic mass is 9.91. The lowest BCUT2D eigenvalue weighted by Crippen LogP contribution is -2.57. The number of hydrogen-bond acceptors (Lipinski definition) is 6. The van der Waals surface area contributed by atoms with Gasteiger partial charge in [0, 0.05) is 18.9 Å². The van der Waals surface area contributed by atoms with Crippen molar-refractivity contribution >= 4 is 11.8 Å². The van der Waals surface area contributed by atoms with Crippen LogP contribution in [0.4, 0.5) is 0 Å². The van der Waals surface area contributed by atoms with Crippen LogP contribution in [-0.2, 0) is 23.8 Å². The zero-order valence-electron chi connectivity index (χ0n) is 11.7. The summed E-state index contributed by atoms with van der Waals surface area (Å²) in [6, 6.07) is 0. The van der Waals surface area contributed by atoms with Crippen LogP contribution in [0, 0.1) is 5.92 Å². The summed E-state index contributed by atoms with van der Waals surface area (Å²) in [7, 11) is 0. The van der Waals surface area contributed by atoms with Crippen molar-refractivity contribution in [3.05, 3.63) is 0 Å². The maximum atomic E-state index is 12.1. The second-order valence-electron chi connectivity index (χ2n) is 4.96. The fourth-order valence-corrected chi connectivity index (χ4v) is 2.63. The number of ketones is 1. The number of rotatable bonds is 6. The van der Waals surface area contributed by atoms with Crippen LogP contribution >= 0.6 is 0 Å². The summed E-state index contributed by atoms with van der Waals surface area (Å²) in [6.07, 6.45) is -0.207. The number of aliphatic carboxylic acids is 1. The van der Waals surface area contributed by atoms with Crippen LogP contribution in [-0.4, -0.2) is 60.8 Å². The van der Waals surface area contributed by atoms with E-state index in [0.29, 0.717) is 39.2 Å². The minimum absolute atomic E-state index is 0.0238. The standard InChI is InChI=1S/C13H21NO6/c1-2-18-13(19-7-8-20-13)14-6-5-10(11(15)9-14)3-4-12(16)17/h10H,2-9H2,1H3,(H,16,17). The van der Waals surface area contributed by atoms with E-state index in [9.17, 15) is 9.59 Å². The Balaban J connectivity index is 1.93. The third kappa shape index (κ3) is 3.35. The number of likely N-dealkylation sites (tertiary alicyclic amines) is 1. The van der Waals surface area contributed by atoms with Crippen molar-refractivity contribution in [3.63, 3.8) is 0 Å².